The molecule has 0 aliphatic heterocycles. The number of carbonyl (C=O) groups excluding carboxylic acids is 2. The van der Waals surface area contributed by atoms with Crippen molar-refractivity contribution in [1.29, 1.82) is 0 Å². The van der Waals surface area contributed by atoms with Crippen LogP contribution in [0.3, 0.4) is 0 Å². The standard InChI is InChI=1S/C40H70NO11P/c1-3-5-7-8-9-10-11-12-13-14-19-23-29-39(45)49-33-36(34-51-53(47,48)50-32-31-41)52-40(46)30-24-28-38(44)37(43)27-22-18-16-15-17-21-26-35(42)25-20-6-4-2/h6,15-18,20-22,26-27,35-38,42-44H,3-5,7-14,19,23-25,28-34,41H2,1-2H3,(H,47,48)/b17-15+,18-16-,20-6-,26-21+,27-22-/t35-,36+,37+,38+/m0/s1. The van der Waals surface area contributed by atoms with Gasteiger partial charge in [0.2, 0.25) is 0 Å². The molecule has 13 heteroatoms. The first kappa shape index (κ1) is 50.6. The molecule has 5 atom stereocenters. The van der Waals surface area contributed by atoms with E-state index in [1.807, 2.05) is 19.1 Å². The second kappa shape index (κ2) is 35.3. The lowest BCUT2D eigenvalue weighted by atomic mass is 10.0. The van der Waals surface area contributed by atoms with Crippen molar-refractivity contribution < 1.29 is 52.9 Å². The molecule has 0 saturated heterocycles. The van der Waals surface area contributed by atoms with Gasteiger partial charge in [0.15, 0.2) is 6.10 Å². The molecule has 6 N–H and O–H groups in total. The van der Waals surface area contributed by atoms with E-state index in [0.29, 0.717) is 12.8 Å². The molecule has 0 heterocycles. The third-order valence-electron chi connectivity index (χ3n) is 8.01. The highest BCUT2D eigenvalue weighted by atomic mass is 31.2. The molecule has 306 valence electrons. The van der Waals surface area contributed by atoms with Crippen LogP contribution >= 0.6 is 7.82 Å². The van der Waals surface area contributed by atoms with Crippen molar-refractivity contribution >= 4 is 19.8 Å². The van der Waals surface area contributed by atoms with Gasteiger partial charge in [-0.25, -0.2) is 4.57 Å². The maximum absolute atomic E-state index is 12.6. The molecule has 1 unspecified atom stereocenters. The molecule has 0 amide bonds. The van der Waals surface area contributed by atoms with Crippen molar-refractivity contribution in [3.05, 3.63) is 60.8 Å². The highest BCUT2D eigenvalue weighted by Crippen LogP contribution is 2.43. The summed E-state index contributed by atoms with van der Waals surface area (Å²) in [5.41, 5.74) is 5.31. The Morgan fingerprint density at radius 2 is 1.26 bits per heavy atom. The number of phosphoric acid groups is 1. The zero-order valence-electron chi connectivity index (χ0n) is 32.3. The first-order valence-corrected chi connectivity index (χ1v) is 21.1. The number of carbonyl (C=O) groups is 2. The molecule has 0 saturated carbocycles. The summed E-state index contributed by atoms with van der Waals surface area (Å²) in [4.78, 5) is 34.8. The second-order valence-electron chi connectivity index (χ2n) is 13.0. The quantitative estimate of drug-likeness (QED) is 0.0141. The Morgan fingerprint density at radius 1 is 0.698 bits per heavy atom. The van der Waals surface area contributed by atoms with Gasteiger partial charge >= 0.3 is 19.8 Å². The maximum Gasteiger partial charge on any atom is 0.472 e. The van der Waals surface area contributed by atoms with Crippen LogP contribution in [-0.4, -0.2) is 82.9 Å². The van der Waals surface area contributed by atoms with E-state index in [1.54, 1.807) is 42.5 Å². The van der Waals surface area contributed by atoms with Crippen molar-refractivity contribution in [2.24, 2.45) is 5.73 Å². The molecule has 0 aromatic rings. The number of hydrogen-bond acceptors (Lipinski definition) is 11. The zero-order chi connectivity index (χ0) is 39.4. The third-order valence-corrected chi connectivity index (χ3v) is 8.99. The number of unbranched alkanes of at least 4 members (excludes halogenated alkanes) is 11. The van der Waals surface area contributed by atoms with Crippen molar-refractivity contribution in [3.63, 3.8) is 0 Å². The van der Waals surface area contributed by atoms with Gasteiger partial charge in [0, 0.05) is 19.4 Å². The number of aliphatic hydroxyl groups excluding tert-OH is 3. The van der Waals surface area contributed by atoms with Gasteiger partial charge in [0.25, 0.3) is 0 Å². The lowest BCUT2D eigenvalue weighted by Gasteiger charge is -2.20. The summed E-state index contributed by atoms with van der Waals surface area (Å²) >= 11 is 0. The van der Waals surface area contributed by atoms with Crippen LogP contribution in [0.5, 0.6) is 0 Å². The fraction of sp³-hybridized carbons (Fsp3) is 0.700. The Hall–Kier alpha value is -2.41. The van der Waals surface area contributed by atoms with E-state index in [-0.39, 0.29) is 45.4 Å². The van der Waals surface area contributed by atoms with E-state index in [1.165, 1.54) is 57.4 Å². The molecular formula is C40H70NO11P. The minimum atomic E-state index is -4.47. The van der Waals surface area contributed by atoms with Crippen molar-refractivity contribution in [1.82, 2.24) is 0 Å². The average molecular weight is 772 g/mol. The first-order valence-electron chi connectivity index (χ1n) is 19.6. The van der Waals surface area contributed by atoms with Gasteiger partial charge in [0.05, 0.1) is 31.5 Å². The number of hydrogen-bond donors (Lipinski definition) is 5. The molecule has 0 aromatic carbocycles. The summed E-state index contributed by atoms with van der Waals surface area (Å²) in [7, 11) is -4.47. The summed E-state index contributed by atoms with van der Waals surface area (Å²) in [5.74, 6) is -1.17. The number of esters is 2. The first-order chi connectivity index (χ1) is 25.5. The predicted molar refractivity (Wildman–Crippen MR) is 210 cm³/mol. The van der Waals surface area contributed by atoms with E-state index in [2.05, 4.69) is 6.92 Å². The monoisotopic (exact) mass is 771 g/mol. The number of rotatable bonds is 35. The number of nitrogens with two attached hydrogens (primary N) is 1. The molecule has 0 aliphatic rings. The molecule has 12 nitrogen and oxygen atoms in total. The Kier molecular flexibility index (Phi) is 33.7. The van der Waals surface area contributed by atoms with E-state index < -0.39 is 50.8 Å². The fourth-order valence-electron chi connectivity index (χ4n) is 4.97. The fourth-order valence-corrected chi connectivity index (χ4v) is 5.74. The van der Waals surface area contributed by atoms with Crippen LogP contribution in [0, 0.1) is 0 Å². The largest absolute Gasteiger partial charge is 0.472 e. The van der Waals surface area contributed by atoms with Crippen molar-refractivity contribution in [3.8, 4) is 0 Å². The summed E-state index contributed by atoms with van der Waals surface area (Å²) in [6, 6.07) is 0. The van der Waals surface area contributed by atoms with E-state index in [9.17, 15) is 34.4 Å². The third kappa shape index (κ3) is 33.9. The summed E-state index contributed by atoms with van der Waals surface area (Å²) in [6.07, 6.45) is 29.2. The Morgan fingerprint density at radius 3 is 1.87 bits per heavy atom. The zero-order valence-corrected chi connectivity index (χ0v) is 33.2. The topological polar surface area (TPSA) is 195 Å². The highest BCUT2D eigenvalue weighted by molar-refractivity contribution is 7.47. The summed E-state index contributed by atoms with van der Waals surface area (Å²) in [5, 5.41) is 30.4. The lowest BCUT2D eigenvalue weighted by Crippen LogP contribution is -2.30. The van der Waals surface area contributed by atoms with Gasteiger partial charge in [-0.3, -0.25) is 18.6 Å². The number of phosphoric ester groups is 1. The van der Waals surface area contributed by atoms with Gasteiger partial charge in [0.1, 0.15) is 6.61 Å². The number of ether oxygens (including phenoxy) is 2. The number of allylic oxidation sites excluding steroid dienone is 7. The van der Waals surface area contributed by atoms with Gasteiger partial charge in [-0.05, 0) is 32.1 Å². The molecule has 53 heavy (non-hydrogen) atoms. The average Bonchev–Trinajstić information content (AvgIpc) is 3.13. The summed E-state index contributed by atoms with van der Waals surface area (Å²) < 4.78 is 32.4. The van der Waals surface area contributed by atoms with Gasteiger partial charge in [-0.15, -0.1) is 0 Å². The van der Waals surface area contributed by atoms with E-state index >= 15 is 0 Å². The molecule has 0 bridgehead atoms. The van der Waals surface area contributed by atoms with Crippen LogP contribution in [0.4, 0.5) is 0 Å². The second-order valence-corrected chi connectivity index (χ2v) is 14.4. The molecule has 0 fully saturated rings. The lowest BCUT2D eigenvalue weighted by molar-refractivity contribution is -0.161. The molecule has 0 aromatic heterocycles. The predicted octanol–water partition coefficient (Wildman–Crippen LogP) is 7.46. The minimum Gasteiger partial charge on any atom is -0.462 e. The maximum atomic E-state index is 12.6. The van der Waals surface area contributed by atoms with Gasteiger partial charge < -0.3 is 35.4 Å². The Balaban J connectivity index is 4.60. The normalized spacial score (nSPS) is 15.8. The van der Waals surface area contributed by atoms with Crippen LogP contribution in [0.15, 0.2) is 60.8 Å². The molecule has 0 rings (SSSR count). The molecule has 0 aliphatic carbocycles. The van der Waals surface area contributed by atoms with E-state index in [4.69, 9.17) is 24.3 Å². The molecule has 0 radical (unpaired) electrons. The van der Waals surface area contributed by atoms with Crippen LogP contribution < -0.4 is 5.73 Å². The minimum absolute atomic E-state index is 0.00445. The number of aliphatic hydroxyl groups is 3. The van der Waals surface area contributed by atoms with Crippen molar-refractivity contribution in [2.75, 3.05) is 26.4 Å². The van der Waals surface area contributed by atoms with Gasteiger partial charge in [-0.2, -0.15) is 0 Å². The van der Waals surface area contributed by atoms with E-state index in [0.717, 1.165) is 25.7 Å². The van der Waals surface area contributed by atoms with Crippen LogP contribution in [0.1, 0.15) is 129 Å². The van der Waals surface area contributed by atoms with Crippen molar-refractivity contribution in [2.45, 2.75) is 154 Å². The van der Waals surface area contributed by atoms with Gasteiger partial charge in [-0.1, -0.05) is 145 Å². The SMILES string of the molecule is CC/C=C\C[C@H](O)/C=C/C=C/C=C\C=C/[C@@H](O)[C@H](O)CCCC(=O)O[C@H](COC(=O)CCCCCCCCCCCCCC)COP(=O)(O)OCCN. The Bertz CT molecular complexity index is 1110. The smallest absolute Gasteiger partial charge is 0.462 e. The molecular weight excluding hydrogens is 701 g/mol. The highest BCUT2D eigenvalue weighted by Gasteiger charge is 2.26. The van der Waals surface area contributed by atoms with Crippen LogP contribution in [0.2, 0.25) is 0 Å². The summed E-state index contributed by atoms with van der Waals surface area (Å²) in [6.45, 7) is 3.10. The van der Waals surface area contributed by atoms with Crippen LogP contribution in [-0.2, 0) is 32.7 Å². The van der Waals surface area contributed by atoms with Crippen LogP contribution in [0.25, 0.3) is 0 Å². The molecule has 0 spiro atoms. The Labute approximate surface area is 318 Å².